The van der Waals surface area contributed by atoms with Crippen LogP contribution in [0.2, 0.25) is 0 Å². The van der Waals surface area contributed by atoms with Crippen molar-refractivity contribution in [3.8, 4) is 5.75 Å². The van der Waals surface area contributed by atoms with Gasteiger partial charge in [-0.2, -0.15) is 0 Å². The molecule has 104 valence electrons. The van der Waals surface area contributed by atoms with Gasteiger partial charge in [-0.25, -0.2) is 0 Å². The van der Waals surface area contributed by atoms with Gasteiger partial charge in [0.05, 0.1) is 18.8 Å². The van der Waals surface area contributed by atoms with Crippen LogP contribution in [0.1, 0.15) is 26.3 Å². The molecule has 3 heteroatoms. The number of ether oxygens (including phenoxy) is 2. The SMILES string of the molecule is CO/C(C)=C(/C)[C@@H](COc1ccccc1C)C(C)=O. The molecule has 0 bridgehead atoms. The van der Waals surface area contributed by atoms with E-state index in [1.54, 1.807) is 14.0 Å². The molecule has 0 fully saturated rings. The van der Waals surface area contributed by atoms with Gasteiger partial charge in [0.2, 0.25) is 0 Å². The van der Waals surface area contributed by atoms with E-state index in [2.05, 4.69) is 0 Å². The second-order valence-corrected chi connectivity index (χ2v) is 4.68. The second-order valence-electron chi connectivity index (χ2n) is 4.68. The van der Waals surface area contributed by atoms with Crippen LogP contribution in [-0.2, 0) is 9.53 Å². The monoisotopic (exact) mass is 262 g/mol. The smallest absolute Gasteiger partial charge is 0.140 e. The average molecular weight is 262 g/mol. The van der Waals surface area contributed by atoms with Crippen molar-refractivity contribution in [1.82, 2.24) is 0 Å². The van der Waals surface area contributed by atoms with Gasteiger partial charge in [0.1, 0.15) is 18.1 Å². The van der Waals surface area contributed by atoms with Crippen LogP contribution in [0.5, 0.6) is 5.75 Å². The highest BCUT2D eigenvalue weighted by Gasteiger charge is 2.20. The number of aryl methyl sites for hydroxylation is 1. The van der Waals surface area contributed by atoms with Crippen molar-refractivity contribution < 1.29 is 14.3 Å². The number of rotatable bonds is 6. The van der Waals surface area contributed by atoms with Crippen LogP contribution >= 0.6 is 0 Å². The van der Waals surface area contributed by atoms with E-state index in [0.29, 0.717) is 6.61 Å². The molecule has 0 aromatic heterocycles. The van der Waals surface area contributed by atoms with E-state index in [9.17, 15) is 4.79 Å². The number of hydrogen-bond donors (Lipinski definition) is 0. The Bertz CT molecular complexity index is 475. The molecule has 0 amide bonds. The van der Waals surface area contributed by atoms with Gasteiger partial charge in [0.15, 0.2) is 0 Å². The van der Waals surface area contributed by atoms with Crippen molar-refractivity contribution in [2.45, 2.75) is 27.7 Å². The van der Waals surface area contributed by atoms with Crippen molar-refractivity contribution in [2.24, 2.45) is 5.92 Å². The molecular formula is C16H22O3. The number of carbonyl (C=O) groups excluding carboxylic acids is 1. The fourth-order valence-electron chi connectivity index (χ4n) is 1.85. The fourth-order valence-corrected chi connectivity index (χ4v) is 1.85. The summed E-state index contributed by atoms with van der Waals surface area (Å²) in [5.41, 5.74) is 1.98. The highest BCUT2D eigenvalue weighted by molar-refractivity contribution is 5.81. The van der Waals surface area contributed by atoms with Gasteiger partial charge in [0, 0.05) is 0 Å². The maximum Gasteiger partial charge on any atom is 0.140 e. The van der Waals surface area contributed by atoms with Gasteiger partial charge in [-0.05, 0) is 44.9 Å². The number of benzene rings is 1. The zero-order chi connectivity index (χ0) is 14.4. The van der Waals surface area contributed by atoms with E-state index in [-0.39, 0.29) is 11.7 Å². The number of methoxy groups -OCH3 is 1. The van der Waals surface area contributed by atoms with Gasteiger partial charge in [-0.1, -0.05) is 18.2 Å². The highest BCUT2D eigenvalue weighted by atomic mass is 16.5. The first-order valence-corrected chi connectivity index (χ1v) is 6.37. The summed E-state index contributed by atoms with van der Waals surface area (Å²) in [5.74, 6) is 1.41. The molecule has 0 aliphatic rings. The number of ketones is 1. The molecule has 0 N–H and O–H groups in total. The van der Waals surface area contributed by atoms with Crippen LogP contribution < -0.4 is 4.74 Å². The van der Waals surface area contributed by atoms with Gasteiger partial charge in [-0.3, -0.25) is 4.79 Å². The zero-order valence-corrected chi connectivity index (χ0v) is 12.3. The average Bonchev–Trinajstić information content (AvgIpc) is 2.39. The lowest BCUT2D eigenvalue weighted by molar-refractivity contribution is -0.120. The Morgan fingerprint density at radius 2 is 1.84 bits per heavy atom. The molecule has 3 nitrogen and oxygen atoms in total. The normalized spacial score (nSPS) is 13.5. The number of allylic oxidation sites excluding steroid dienone is 1. The number of hydrogen-bond acceptors (Lipinski definition) is 3. The van der Waals surface area contributed by atoms with Gasteiger partial charge >= 0.3 is 0 Å². The molecule has 1 rings (SSSR count). The molecule has 0 saturated heterocycles. The second kappa shape index (κ2) is 6.98. The van der Waals surface area contributed by atoms with Gasteiger partial charge < -0.3 is 9.47 Å². The lowest BCUT2D eigenvalue weighted by Gasteiger charge is -2.18. The minimum atomic E-state index is -0.264. The topological polar surface area (TPSA) is 35.5 Å². The Balaban J connectivity index is 2.82. The molecule has 0 saturated carbocycles. The van der Waals surface area contributed by atoms with Crippen molar-refractivity contribution >= 4 is 5.78 Å². The van der Waals surface area contributed by atoms with E-state index >= 15 is 0 Å². The molecule has 1 aromatic carbocycles. The summed E-state index contributed by atoms with van der Waals surface area (Å²) >= 11 is 0. The third kappa shape index (κ3) is 4.12. The van der Waals surface area contributed by atoms with Crippen LogP contribution in [0.25, 0.3) is 0 Å². The van der Waals surface area contributed by atoms with Gasteiger partial charge in [-0.15, -0.1) is 0 Å². The standard InChI is InChI=1S/C16H22O3/c1-11-8-6-7-9-16(11)19-10-15(13(3)17)12(2)14(4)18-5/h6-9,15H,10H2,1-5H3/b14-12-/t15-/m1/s1. The van der Waals surface area contributed by atoms with E-state index < -0.39 is 0 Å². The molecule has 1 aromatic rings. The Morgan fingerprint density at radius 3 is 2.37 bits per heavy atom. The summed E-state index contributed by atoms with van der Waals surface area (Å²) in [6.45, 7) is 7.68. The quantitative estimate of drug-likeness (QED) is 0.736. The summed E-state index contributed by atoms with van der Waals surface area (Å²) in [6.07, 6.45) is 0. The predicted octanol–water partition coefficient (Wildman–Crippen LogP) is 3.52. The molecule has 0 heterocycles. The van der Waals surface area contributed by atoms with Crippen molar-refractivity contribution in [2.75, 3.05) is 13.7 Å². The lowest BCUT2D eigenvalue weighted by atomic mass is 9.96. The summed E-state index contributed by atoms with van der Waals surface area (Å²) in [4.78, 5) is 11.7. The molecule has 0 aliphatic carbocycles. The molecular weight excluding hydrogens is 240 g/mol. The Kier molecular flexibility index (Phi) is 5.61. The van der Waals surface area contributed by atoms with Crippen LogP contribution in [0, 0.1) is 12.8 Å². The summed E-state index contributed by atoms with van der Waals surface area (Å²) in [7, 11) is 1.61. The van der Waals surface area contributed by atoms with Crippen LogP contribution in [-0.4, -0.2) is 19.5 Å². The Labute approximate surface area is 115 Å². The molecule has 0 spiro atoms. The third-order valence-electron chi connectivity index (χ3n) is 3.37. The first kappa shape index (κ1) is 15.3. The Hall–Kier alpha value is -1.77. The molecule has 1 atom stereocenters. The molecule has 19 heavy (non-hydrogen) atoms. The maximum atomic E-state index is 11.7. The minimum Gasteiger partial charge on any atom is -0.501 e. The van der Waals surface area contributed by atoms with Crippen LogP contribution in [0.4, 0.5) is 0 Å². The summed E-state index contributed by atoms with van der Waals surface area (Å²) < 4.78 is 11.0. The molecule has 0 aliphatic heterocycles. The van der Waals surface area contributed by atoms with E-state index in [0.717, 1.165) is 22.6 Å². The first-order valence-electron chi connectivity index (χ1n) is 6.37. The first-order chi connectivity index (χ1) is 8.97. The highest BCUT2D eigenvalue weighted by Crippen LogP contribution is 2.21. The van der Waals surface area contributed by atoms with Crippen molar-refractivity contribution in [1.29, 1.82) is 0 Å². The van der Waals surface area contributed by atoms with Crippen molar-refractivity contribution in [3.05, 3.63) is 41.2 Å². The number of carbonyl (C=O) groups is 1. The summed E-state index contributed by atoms with van der Waals surface area (Å²) in [6, 6.07) is 7.79. The lowest BCUT2D eigenvalue weighted by Crippen LogP contribution is -2.22. The predicted molar refractivity (Wildman–Crippen MR) is 76.2 cm³/mol. The van der Waals surface area contributed by atoms with E-state index in [1.807, 2.05) is 45.0 Å². The van der Waals surface area contributed by atoms with E-state index in [4.69, 9.17) is 9.47 Å². The number of Topliss-reactive ketones (excluding diaryl/α,β-unsaturated/α-hetero) is 1. The van der Waals surface area contributed by atoms with Gasteiger partial charge in [0.25, 0.3) is 0 Å². The largest absolute Gasteiger partial charge is 0.501 e. The fraction of sp³-hybridized carbons (Fsp3) is 0.438. The van der Waals surface area contributed by atoms with Crippen LogP contribution in [0.15, 0.2) is 35.6 Å². The molecule has 0 unspecified atom stereocenters. The van der Waals surface area contributed by atoms with Crippen LogP contribution in [0.3, 0.4) is 0 Å². The van der Waals surface area contributed by atoms with Crippen molar-refractivity contribution in [3.63, 3.8) is 0 Å². The number of para-hydroxylation sites is 1. The minimum absolute atomic E-state index is 0.0856. The summed E-state index contributed by atoms with van der Waals surface area (Å²) in [5, 5.41) is 0. The van der Waals surface area contributed by atoms with E-state index in [1.165, 1.54) is 0 Å². The maximum absolute atomic E-state index is 11.7. The zero-order valence-electron chi connectivity index (χ0n) is 12.3. The Morgan fingerprint density at radius 1 is 1.21 bits per heavy atom. The third-order valence-corrected chi connectivity index (χ3v) is 3.37. The molecule has 0 radical (unpaired) electrons.